The van der Waals surface area contributed by atoms with E-state index in [1.165, 1.54) is 0 Å². The lowest BCUT2D eigenvalue weighted by Crippen LogP contribution is -2.65. The van der Waals surface area contributed by atoms with E-state index in [1.807, 2.05) is 63.2 Å². The van der Waals surface area contributed by atoms with E-state index in [-0.39, 0.29) is 23.6 Å². The Kier molecular flexibility index (Phi) is 11.2. The Labute approximate surface area is 255 Å². The van der Waals surface area contributed by atoms with Crippen molar-refractivity contribution in [1.82, 2.24) is 21.3 Å². The number of fused-ring (bicyclic) bond motifs is 2. The van der Waals surface area contributed by atoms with Gasteiger partial charge < -0.3 is 26.0 Å². The summed E-state index contributed by atoms with van der Waals surface area (Å²) < 4.78 is 6.15. The second-order valence-corrected chi connectivity index (χ2v) is 11.9. The van der Waals surface area contributed by atoms with E-state index < -0.39 is 17.6 Å². The summed E-state index contributed by atoms with van der Waals surface area (Å²) in [6.07, 6.45) is 3.15. The predicted octanol–water partition coefficient (Wildman–Crippen LogP) is 4.30. The molecule has 43 heavy (non-hydrogen) atoms. The van der Waals surface area contributed by atoms with Crippen molar-refractivity contribution in [2.45, 2.75) is 77.4 Å². The molecule has 1 aliphatic heterocycles. The van der Waals surface area contributed by atoms with Crippen molar-refractivity contribution in [3.63, 3.8) is 0 Å². The number of rotatable bonds is 5. The molecule has 8 nitrogen and oxygen atoms in total. The van der Waals surface area contributed by atoms with Crippen LogP contribution >= 0.6 is 0 Å². The van der Waals surface area contributed by atoms with Crippen LogP contribution in [0.3, 0.4) is 0 Å². The van der Waals surface area contributed by atoms with E-state index in [4.69, 9.17) is 4.74 Å². The van der Waals surface area contributed by atoms with Gasteiger partial charge in [0.15, 0.2) is 0 Å². The zero-order valence-electron chi connectivity index (χ0n) is 25.9. The van der Waals surface area contributed by atoms with Crippen molar-refractivity contribution in [3.8, 4) is 5.75 Å². The molecule has 0 bridgehead atoms. The molecular weight excluding hydrogens is 540 g/mol. The Hall–Kier alpha value is -3.91. The summed E-state index contributed by atoms with van der Waals surface area (Å²) in [7, 11) is 0. The zero-order chi connectivity index (χ0) is 30.8. The summed E-state index contributed by atoms with van der Waals surface area (Å²) in [5.41, 5.74) is 0.845. The molecule has 0 saturated heterocycles. The number of hydrogen-bond donors (Lipinski definition) is 4. The second kappa shape index (κ2) is 15.0. The molecule has 4 rings (SSSR count). The van der Waals surface area contributed by atoms with Gasteiger partial charge in [-0.2, -0.15) is 0 Å². The number of para-hydroxylation sites is 1. The summed E-state index contributed by atoms with van der Waals surface area (Å²) in [5.74, 6) is -0.289. The van der Waals surface area contributed by atoms with Crippen LogP contribution in [0.5, 0.6) is 5.75 Å². The quantitative estimate of drug-likeness (QED) is 0.357. The highest BCUT2D eigenvalue weighted by Gasteiger charge is 2.41. The molecule has 3 amide bonds. The first-order valence-corrected chi connectivity index (χ1v) is 15.5. The fourth-order valence-electron chi connectivity index (χ4n) is 5.39. The van der Waals surface area contributed by atoms with Gasteiger partial charge in [0.1, 0.15) is 23.9 Å². The van der Waals surface area contributed by atoms with Gasteiger partial charge in [0.2, 0.25) is 17.7 Å². The average Bonchev–Trinajstić information content (AvgIpc) is 3.00. The molecule has 3 atom stereocenters. The second-order valence-electron chi connectivity index (χ2n) is 11.9. The van der Waals surface area contributed by atoms with Crippen molar-refractivity contribution < 1.29 is 19.1 Å². The van der Waals surface area contributed by atoms with Crippen molar-refractivity contribution in [1.29, 1.82) is 0 Å². The van der Waals surface area contributed by atoms with Gasteiger partial charge in [-0.1, -0.05) is 87.9 Å². The Morgan fingerprint density at radius 3 is 2.42 bits per heavy atom. The fraction of sp³-hybridized carbons (Fsp3) is 0.457. The standard InChI is InChI=1S/C35H46N4O4/c1-5-11-29-32(40)37-19-10-15-27-13-8-9-16-31(27)43-21-20-36-30(33(41)39-35(4,24(2)3)34(42)38-29)23-25-17-18-26-12-6-7-14-28(26)22-25/h6-9,12-14,16-18,22,24,29-30,36H,5,10-11,15,19-21,23H2,1-4H3,(H,37,40)(H,38,42)(H,39,41)/t29-,30+,35+/m0/s1. The third-order valence-corrected chi connectivity index (χ3v) is 8.42. The van der Waals surface area contributed by atoms with Crippen LogP contribution in [0.25, 0.3) is 10.8 Å². The molecule has 0 unspecified atom stereocenters. The van der Waals surface area contributed by atoms with Crippen LogP contribution in [-0.2, 0) is 27.2 Å². The van der Waals surface area contributed by atoms with Gasteiger partial charge >= 0.3 is 0 Å². The van der Waals surface area contributed by atoms with E-state index in [1.54, 1.807) is 6.92 Å². The van der Waals surface area contributed by atoms with E-state index in [9.17, 15) is 14.4 Å². The maximum Gasteiger partial charge on any atom is 0.246 e. The molecule has 4 N–H and O–H groups in total. The van der Waals surface area contributed by atoms with Gasteiger partial charge in [-0.3, -0.25) is 14.4 Å². The van der Waals surface area contributed by atoms with Crippen LogP contribution in [0.2, 0.25) is 0 Å². The van der Waals surface area contributed by atoms with E-state index in [2.05, 4.69) is 45.5 Å². The number of aryl methyl sites for hydroxylation is 1. The average molecular weight is 587 g/mol. The minimum absolute atomic E-state index is 0.214. The summed E-state index contributed by atoms with van der Waals surface area (Å²) in [6.45, 7) is 8.82. The van der Waals surface area contributed by atoms with Gasteiger partial charge in [0, 0.05) is 13.1 Å². The van der Waals surface area contributed by atoms with Crippen molar-refractivity contribution in [2.24, 2.45) is 5.92 Å². The van der Waals surface area contributed by atoms with Crippen molar-refractivity contribution >= 4 is 28.5 Å². The lowest BCUT2D eigenvalue weighted by Gasteiger charge is -2.36. The minimum Gasteiger partial charge on any atom is -0.492 e. The first-order valence-electron chi connectivity index (χ1n) is 15.5. The van der Waals surface area contributed by atoms with Crippen molar-refractivity contribution in [3.05, 3.63) is 77.9 Å². The Balaban J connectivity index is 1.62. The highest BCUT2D eigenvalue weighted by molar-refractivity contribution is 5.96. The molecule has 0 fully saturated rings. The number of hydrogen-bond acceptors (Lipinski definition) is 5. The molecule has 0 saturated carbocycles. The number of nitrogens with one attached hydrogen (secondary N) is 4. The third-order valence-electron chi connectivity index (χ3n) is 8.42. The molecule has 3 aromatic rings. The van der Waals surface area contributed by atoms with Crippen LogP contribution in [0.4, 0.5) is 0 Å². The Morgan fingerprint density at radius 1 is 0.907 bits per heavy atom. The highest BCUT2D eigenvalue weighted by Crippen LogP contribution is 2.22. The molecule has 230 valence electrons. The summed E-state index contributed by atoms with van der Waals surface area (Å²) in [6, 6.07) is 20.9. The van der Waals surface area contributed by atoms with E-state index >= 15 is 0 Å². The largest absolute Gasteiger partial charge is 0.492 e. The van der Waals surface area contributed by atoms with Gasteiger partial charge in [-0.15, -0.1) is 0 Å². The number of benzene rings is 3. The molecule has 3 aromatic carbocycles. The van der Waals surface area contributed by atoms with Gasteiger partial charge in [0.25, 0.3) is 0 Å². The SMILES string of the molecule is CCC[C@@H]1NC(=O)[C@@](C)(C(C)C)NC(=O)[C@@H](Cc2ccc3ccccc3c2)NCCOc2ccccc2CCCNC1=O. The molecule has 0 aromatic heterocycles. The number of carbonyl (C=O) groups excluding carboxylic acids is 3. The van der Waals surface area contributed by atoms with Gasteiger partial charge in [0.05, 0.1) is 6.04 Å². The Morgan fingerprint density at radius 2 is 1.65 bits per heavy atom. The summed E-state index contributed by atoms with van der Waals surface area (Å²) in [5, 5.41) is 14.6. The zero-order valence-corrected chi connectivity index (χ0v) is 25.9. The number of ether oxygens (including phenoxy) is 1. The minimum atomic E-state index is -1.23. The summed E-state index contributed by atoms with van der Waals surface area (Å²) in [4.78, 5) is 40.8. The molecular formula is C35H46N4O4. The fourth-order valence-corrected chi connectivity index (χ4v) is 5.39. The molecule has 8 heteroatoms. The topological polar surface area (TPSA) is 109 Å². The maximum atomic E-state index is 13.9. The van der Waals surface area contributed by atoms with Crippen LogP contribution in [-0.4, -0.2) is 55.0 Å². The lowest BCUT2D eigenvalue weighted by atomic mass is 9.86. The molecule has 0 aliphatic carbocycles. The lowest BCUT2D eigenvalue weighted by molar-refractivity contribution is -0.137. The normalized spacial score (nSPS) is 22.9. The molecule has 0 spiro atoms. The number of amides is 3. The maximum absolute atomic E-state index is 13.9. The summed E-state index contributed by atoms with van der Waals surface area (Å²) >= 11 is 0. The van der Waals surface area contributed by atoms with Gasteiger partial charge in [-0.25, -0.2) is 0 Å². The Bertz CT molecular complexity index is 1410. The molecule has 0 radical (unpaired) electrons. The van der Waals surface area contributed by atoms with E-state index in [0.717, 1.165) is 46.9 Å². The van der Waals surface area contributed by atoms with Crippen LogP contribution < -0.4 is 26.0 Å². The van der Waals surface area contributed by atoms with Crippen molar-refractivity contribution in [2.75, 3.05) is 19.7 Å². The highest BCUT2D eigenvalue weighted by atomic mass is 16.5. The van der Waals surface area contributed by atoms with Gasteiger partial charge in [-0.05, 0) is 66.5 Å². The van der Waals surface area contributed by atoms with Crippen LogP contribution in [0.15, 0.2) is 66.7 Å². The smallest absolute Gasteiger partial charge is 0.246 e. The monoisotopic (exact) mass is 586 g/mol. The van der Waals surface area contributed by atoms with Crippen LogP contribution in [0, 0.1) is 5.92 Å². The number of carbonyl (C=O) groups is 3. The first-order chi connectivity index (χ1) is 20.7. The predicted molar refractivity (Wildman–Crippen MR) is 171 cm³/mol. The van der Waals surface area contributed by atoms with E-state index in [0.29, 0.717) is 32.5 Å². The third kappa shape index (κ3) is 8.35. The molecule has 1 heterocycles. The first kappa shape index (κ1) is 32.0. The molecule has 1 aliphatic rings. The van der Waals surface area contributed by atoms with Crippen LogP contribution in [0.1, 0.15) is 58.1 Å².